The number of hydrogen-bond acceptors (Lipinski definition) is 4. The fourth-order valence-corrected chi connectivity index (χ4v) is 4.09. The van der Waals surface area contributed by atoms with Gasteiger partial charge >= 0.3 is 0 Å². The lowest BCUT2D eigenvalue weighted by molar-refractivity contribution is 0.586. The average Bonchev–Trinajstić information content (AvgIpc) is 2.69. The minimum Gasteiger partial charge on any atom is -0.399 e. The van der Waals surface area contributed by atoms with Crippen LogP contribution in [0.4, 0.5) is 11.4 Å². The maximum atomic E-state index is 5.88. The van der Waals surface area contributed by atoms with Gasteiger partial charge in [0.05, 0.1) is 11.4 Å². The molecular weight excluding hydrogens is 344 g/mol. The maximum absolute atomic E-state index is 5.88. The van der Waals surface area contributed by atoms with Gasteiger partial charge in [-0.15, -0.1) is 5.10 Å². The van der Waals surface area contributed by atoms with Crippen molar-refractivity contribution in [1.82, 2.24) is 0 Å². The number of allylic oxidation sites excluding steroid dienone is 2. The molecule has 1 aliphatic carbocycles. The van der Waals surface area contributed by atoms with Crippen LogP contribution in [-0.4, -0.2) is 18.0 Å². The van der Waals surface area contributed by atoms with Crippen molar-refractivity contribution in [3.63, 3.8) is 0 Å². The molecule has 1 unspecified atom stereocenters. The lowest BCUT2D eigenvalue weighted by atomic mass is 9.79. The average molecular weight is 373 g/mol. The van der Waals surface area contributed by atoms with Crippen LogP contribution in [-0.2, 0) is 0 Å². The molecule has 4 nitrogen and oxygen atoms in total. The van der Waals surface area contributed by atoms with E-state index >= 15 is 0 Å². The Hall–Kier alpha value is -2.88. The summed E-state index contributed by atoms with van der Waals surface area (Å²) in [4.78, 5) is 0. The van der Waals surface area contributed by atoms with Crippen molar-refractivity contribution in [1.29, 1.82) is 0 Å². The summed E-state index contributed by atoms with van der Waals surface area (Å²) in [5.74, 6) is 0.296. The molecule has 0 amide bonds. The van der Waals surface area contributed by atoms with Gasteiger partial charge in [-0.1, -0.05) is 43.2 Å². The molecular formula is C24H28N4. The number of nitrogens with one attached hydrogen (secondary N) is 1. The maximum Gasteiger partial charge on any atom is 0.0964 e. The van der Waals surface area contributed by atoms with Crippen molar-refractivity contribution in [3.8, 4) is 0 Å². The number of anilines is 2. The van der Waals surface area contributed by atoms with Crippen molar-refractivity contribution in [2.45, 2.75) is 39.0 Å². The number of nitrogens with two attached hydrogens (primary N) is 1. The van der Waals surface area contributed by atoms with Crippen LogP contribution in [0, 0.1) is 5.92 Å². The quantitative estimate of drug-likeness (QED) is 0.705. The van der Waals surface area contributed by atoms with Crippen LogP contribution in [0.5, 0.6) is 0 Å². The van der Waals surface area contributed by atoms with Crippen LogP contribution in [0.25, 0.3) is 0 Å². The largest absolute Gasteiger partial charge is 0.399 e. The minimum absolute atomic E-state index is 0.296. The second-order valence-corrected chi connectivity index (χ2v) is 7.51. The van der Waals surface area contributed by atoms with Crippen LogP contribution in [0.3, 0.4) is 0 Å². The van der Waals surface area contributed by atoms with Gasteiger partial charge in [-0.2, -0.15) is 5.10 Å². The molecule has 28 heavy (non-hydrogen) atoms. The predicted octanol–water partition coefficient (Wildman–Crippen LogP) is 5.41. The molecule has 1 aliphatic heterocycles. The molecule has 2 aliphatic rings. The minimum atomic E-state index is 0.296. The number of hydrogen-bond donors (Lipinski definition) is 2. The van der Waals surface area contributed by atoms with Crippen molar-refractivity contribution < 1.29 is 0 Å². The third kappa shape index (κ3) is 3.86. The van der Waals surface area contributed by atoms with E-state index in [1.807, 2.05) is 12.1 Å². The van der Waals surface area contributed by atoms with Gasteiger partial charge in [-0.3, -0.25) is 0 Å². The third-order valence-electron chi connectivity index (χ3n) is 5.54. The predicted molar refractivity (Wildman–Crippen MR) is 119 cm³/mol. The summed E-state index contributed by atoms with van der Waals surface area (Å²) >= 11 is 0. The van der Waals surface area contributed by atoms with E-state index in [9.17, 15) is 0 Å². The van der Waals surface area contributed by atoms with Gasteiger partial charge in [0.25, 0.3) is 0 Å². The Morgan fingerprint density at radius 1 is 0.929 bits per heavy atom. The molecule has 4 rings (SSSR count). The fraction of sp³-hybridized carbons (Fsp3) is 0.333. The molecule has 4 heteroatoms. The van der Waals surface area contributed by atoms with Crippen LogP contribution < -0.4 is 11.1 Å². The summed E-state index contributed by atoms with van der Waals surface area (Å²) in [7, 11) is 0. The van der Waals surface area contributed by atoms with Crippen LogP contribution in [0.15, 0.2) is 70.4 Å². The smallest absolute Gasteiger partial charge is 0.0964 e. The van der Waals surface area contributed by atoms with Crippen LogP contribution >= 0.6 is 0 Å². The van der Waals surface area contributed by atoms with Crippen molar-refractivity contribution in [2.24, 2.45) is 16.1 Å². The lowest BCUT2D eigenvalue weighted by Crippen LogP contribution is -2.27. The first-order valence-electron chi connectivity index (χ1n) is 10.3. The standard InChI is InChI=1S/C24H28N4/c1-2-26-20-15-11-18(12-16-20)24-22-8-6-4-3-5-7-21(22)23(27-28-24)17-9-13-19(25)14-10-17/h8-16,21,26H,2-7,25H2,1H3. The summed E-state index contributed by atoms with van der Waals surface area (Å²) in [5.41, 5.74) is 13.5. The lowest BCUT2D eigenvalue weighted by Gasteiger charge is -2.28. The van der Waals surface area contributed by atoms with E-state index in [0.717, 1.165) is 53.3 Å². The summed E-state index contributed by atoms with van der Waals surface area (Å²) < 4.78 is 0. The van der Waals surface area contributed by atoms with E-state index < -0.39 is 0 Å². The summed E-state index contributed by atoms with van der Waals surface area (Å²) in [5, 5.41) is 12.8. The van der Waals surface area contributed by atoms with E-state index in [1.165, 1.54) is 24.8 Å². The van der Waals surface area contributed by atoms with Crippen molar-refractivity contribution in [2.75, 3.05) is 17.6 Å². The van der Waals surface area contributed by atoms with E-state index in [2.05, 4.69) is 54.7 Å². The number of fused-ring (bicyclic) bond motifs is 1. The number of benzene rings is 2. The van der Waals surface area contributed by atoms with Crippen LogP contribution in [0.2, 0.25) is 0 Å². The number of nitrogen functional groups attached to an aromatic ring is 1. The fourth-order valence-electron chi connectivity index (χ4n) is 4.09. The van der Waals surface area contributed by atoms with Crippen LogP contribution in [0.1, 0.15) is 50.2 Å². The molecule has 1 atom stereocenters. The number of rotatable bonds is 4. The summed E-state index contributed by atoms with van der Waals surface area (Å²) in [6.07, 6.45) is 8.37. The normalized spacial score (nSPS) is 19.5. The Labute approximate surface area is 167 Å². The molecule has 0 aromatic heterocycles. The zero-order valence-corrected chi connectivity index (χ0v) is 16.5. The monoisotopic (exact) mass is 372 g/mol. The SMILES string of the molecule is CCNc1ccc(C2=NN=C(c3ccc(N)cc3)C3CCCCCC=C23)cc1. The second kappa shape index (κ2) is 8.42. The highest BCUT2D eigenvalue weighted by atomic mass is 15.2. The van der Waals surface area contributed by atoms with E-state index in [1.54, 1.807) is 0 Å². The highest BCUT2D eigenvalue weighted by Gasteiger charge is 2.30. The van der Waals surface area contributed by atoms with Gasteiger partial charge in [-0.25, -0.2) is 0 Å². The molecule has 1 heterocycles. The van der Waals surface area contributed by atoms with Gasteiger partial charge in [0.2, 0.25) is 0 Å². The first kappa shape index (κ1) is 18.5. The molecule has 144 valence electrons. The summed E-state index contributed by atoms with van der Waals surface area (Å²) in [6, 6.07) is 16.6. The molecule has 0 radical (unpaired) electrons. The molecule has 0 bridgehead atoms. The van der Waals surface area contributed by atoms with Gasteiger partial charge in [0, 0.05) is 29.4 Å². The van der Waals surface area contributed by atoms with Gasteiger partial charge in [0.1, 0.15) is 0 Å². The Kier molecular flexibility index (Phi) is 5.56. The topological polar surface area (TPSA) is 62.8 Å². The molecule has 3 N–H and O–H groups in total. The van der Waals surface area contributed by atoms with Gasteiger partial charge < -0.3 is 11.1 Å². The molecule has 0 spiro atoms. The highest BCUT2D eigenvalue weighted by Crippen LogP contribution is 2.33. The zero-order valence-electron chi connectivity index (χ0n) is 16.5. The Bertz CT molecular complexity index is 905. The van der Waals surface area contributed by atoms with E-state index in [4.69, 9.17) is 15.9 Å². The third-order valence-corrected chi connectivity index (χ3v) is 5.54. The second-order valence-electron chi connectivity index (χ2n) is 7.51. The zero-order chi connectivity index (χ0) is 19.3. The molecule has 0 saturated heterocycles. The Morgan fingerprint density at radius 3 is 2.43 bits per heavy atom. The highest BCUT2D eigenvalue weighted by molar-refractivity contribution is 6.20. The first-order chi connectivity index (χ1) is 13.8. The molecule has 2 aromatic rings. The molecule has 2 aromatic carbocycles. The van der Waals surface area contributed by atoms with Crippen molar-refractivity contribution in [3.05, 3.63) is 71.3 Å². The molecule has 0 saturated carbocycles. The van der Waals surface area contributed by atoms with Gasteiger partial charge in [-0.05, 0) is 61.6 Å². The van der Waals surface area contributed by atoms with Crippen molar-refractivity contribution >= 4 is 22.8 Å². The van der Waals surface area contributed by atoms with Gasteiger partial charge in [0.15, 0.2) is 0 Å². The Morgan fingerprint density at radius 2 is 1.68 bits per heavy atom. The van der Waals surface area contributed by atoms with E-state index in [0.29, 0.717) is 5.92 Å². The summed E-state index contributed by atoms with van der Waals surface area (Å²) in [6.45, 7) is 3.03. The van der Waals surface area contributed by atoms with E-state index in [-0.39, 0.29) is 0 Å². The number of nitrogens with zero attached hydrogens (tertiary/aromatic N) is 2. The molecule has 0 fully saturated rings. The first-order valence-corrected chi connectivity index (χ1v) is 10.3. The Balaban J connectivity index is 1.75.